The van der Waals surface area contributed by atoms with E-state index in [9.17, 15) is 21.6 Å². The average Bonchev–Trinajstić information content (AvgIpc) is 3.03. The van der Waals surface area contributed by atoms with Crippen molar-refractivity contribution in [2.45, 2.75) is 30.6 Å². The van der Waals surface area contributed by atoms with Crippen LogP contribution in [-0.2, 0) is 19.9 Å². The third kappa shape index (κ3) is 3.39. The topological polar surface area (TPSA) is 119 Å². The lowest BCUT2D eigenvalue weighted by Gasteiger charge is -2.32. The Labute approximate surface area is 156 Å². The Morgan fingerprint density at radius 2 is 1.78 bits per heavy atom. The first-order valence-corrected chi connectivity index (χ1v) is 12.1. The van der Waals surface area contributed by atoms with Gasteiger partial charge in [0.25, 0.3) is 5.56 Å². The molecule has 0 N–H and O–H groups in total. The molecule has 2 aromatic rings. The fraction of sp³-hybridized carbons (Fsp3) is 0.562. The maximum absolute atomic E-state index is 12.7. The second-order valence-electron chi connectivity index (χ2n) is 7.06. The maximum atomic E-state index is 12.7. The van der Waals surface area contributed by atoms with Crippen LogP contribution in [0.5, 0.6) is 0 Å². The Kier molecular flexibility index (Phi) is 4.55. The van der Waals surface area contributed by atoms with Crippen molar-refractivity contribution in [1.82, 2.24) is 19.3 Å². The number of benzene rings is 1. The van der Waals surface area contributed by atoms with Gasteiger partial charge in [0.2, 0.25) is 10.0 Å². The van der Waals surface area contributed by atoms with E-state index in [0.29, 0.717) is 23.7 Å². The van der Waals surface area contributed by atoms with Crippen LogP contribution in [-0.4, -0.2) is 66.0 Å². The fourth-order valence-electron chi connectivity index (χ4n) is 3.79. The van der Waals surface area contributed by atoms with Crippen LogP contribution in [0.1, 0.15) is 25.3 Å². The molecule has 0 bridgehead atoms. The zero-order valence-electron chi connectivity index (χ0n) is 14.6. The zero-order valence-corrected chi connectivity index (χ0v) is 16.2. The highest BCUT2D eigenvalue weighted by Crippen LogP contribution is 2.27. The minimum Gasteiger partial charge on any atom is -0.267 e. The molecule has 2 aliphatic heterocycles. The van der Waals surface area contributed by atoms with Gasteiger partial charge in [0, 0.05) is 13.1 Å². The third-order valence-corrected chi connectivity index (χ3v) is 9.64. The Bertz CT molecular complexity index is 1130. The average molecular weight is 412 g/mol. The molecule has 0 spiro atoms. The minimum atomic E-state index is -3.65. The third-order valence-electron chi connectivity index (χ3n) is 5.33. The summed E-state index contributed by atoms with van der Waals surface area (Å²) < 4.78 is 51.4. The molecule has 146 valence electrons. The van der Waals surface area contributed by atoms with Gasteiger partial charge >= 0.3 is 0 Å². The first kappa shape index (κ1) is 18.5. The standard InChI is InChI=1S/C16H20N4O5S2/c21-16-14-3-1-2-4-15(14)17-18-20(16)12-5-8-19(9-6-12)27(24,25)13-7-10-26(22,23)11-13/h1-4,12-13H,5-11H2. The van der Waals surface area contributed by atoms with Crippen LogP contribution in [0, 0.1) is 0 Å². The first-order chi connectivity index (χ1) is 12.8. The van der Waals surface area contributed by atoms with E-state index in [-0.39, 0.29) is 42.6 Å². The Hall–Kier alpha value is -1.85. The van der Waals surface area contributed by atoms with Gasteiger partial charge in [-0.15, -0.1) is 5.10 Å². The molecular formula is C16H20N4O5S2. The normalized spacial score (nSPS) is 24.4. The van der Waals surface area contributed by atoms with E-state index in [1.807, 2.05) is 0 Å². The molecule has 1 atom stereocenters. The molecule has 2 saturated heterocycles. The monoisotopic (exact) mass is 412 g/mol. The fourth-order valence-corrected chi connectivity index (χ4v) is 8.35. The second kappa shape index (κ2) is 6.64. The predicted octanol–water partition coefficient (Wildman–Crippen LogP) is -0.0547. The van der Waals surface area contributed by atoms with Gasteiger partial charge in [-0.3, -0.25) is 4.79 Å². The summed E-state index contributed by atoms with van der Waals surface area (Å²) in [7, 11) is -6.92. The molecule has 27 heavy (non-hydrogen) atoms. The number of rotatable bonds is 3. The molecule has 0 amide bonds. The molecule has 4 rings (SSSR count). The highest BCUT2D eigenvalue weighted by atomic mass is 32.2. The molecule has 2 aliphatic rings. The summed E-state index contributed by atoms with van der Waals surface area (Å²) in [5, 5.41) is 7.72. The van der Waals surface area contributed by atoms with Crippen molar-refractivity contribution in [3.63, 3.8) is 0 Å². The lowest BCUT2D eigenvalue weighted by atomic mass is 10.1. The molecule has 0 saturated carbocycles. The number of fused-ring (bicyclic) bond motifs is 1. The lowest BCUT2D eigenvalue weighted by Crippen LogP contribution is -2.45. The summed E-state index contributed by atoms with van der Waals surface area (Å²) in [6.45, 7) is 0.481. The summed E-state index contributed by atoms with van der Waals surface area (Å²) in [5.41, 5.74) is 0.296. The summed E-state index contributed by atoms with van der Waals surface area (Å²) in [4.78, 5) is 12.6. The molecule has 9 nitrogen and oxygen atoms in total. The van der Waals surface area contributed by atoms with E-state index in [0.717, 1.165) is 0 Å². The van der Waals surface area contributed by atoms with E-state index in [1.165, 1.54) is 8.99 Å². The van der Waals surface area contributed by atoms with Gasteiger partial charge in [-0.2, -0.15) is 0 Å². The molecule has 1 aromatic heterocycles. The summed E-state index contributed by atoms with van der Waals surface area (Å²) in [6, 6.07) is 6.74. The molecule has 2 fully saturated rings. The van der Waals surface area contributed by atoms with Crippen molar-refractivity contribution in [3.8, 4) is 0 Å². The van der Waals surface area contributed by atoms with Crippen LogP contribution in [0.3, 0.4) is 0 Å². The predicted molar refractivity (Wildman–Crippen MR) is 99.6 cm³/mol. The van der Waals surface area contributed by atoms with Gasteiger partial charge in [0.1, 0.15) is 5.52 Å². The molecule has 11 heteroatoms. The van der Waals surface area contributed by atoms with Crippen molar-refractivity contribution in [2.24, 2.45) is 0 Å². The Balaban J connectivity index is 1.51. The van der Waals surface area contributed by atoms with E-state index in [2.05, 4.69) is 10.3 Å². The van der Waals surface area contributed by atoms with Crippen LogP contribution in [0.15, 0.2) is 29.1 Å². The van der Waals surface area contributed by atoms with E-state index >= 15 is 0 Å². The molecule has 1 unspecified atom stereocenters. The van der Waals surface area contributed by atoms with Gasteiger partial charge in [-0.25, -0.2) is 25.8 Å². The zero-order chi connectivity index (χ0) is 19.2. The van der Waals surface area contributed by atoms with Gasteiger partial charge in [-0.05, 0) is 31.4 Å². The number of aromatic nitrogens is 3. The summed E-state index contributed by atoms with van der Waals surface area (Å²) >= 11 is 0. The van der Waals surface area contributed by atoms with E-state index < -0.39 is 25.1 Å². The Morgan fingerprint density at radius 1 is 1.07 bits per heavy atom. The van der Waals surface area contributed by atoms with Gasteiger partial charge in [-0.1, -0.05) is 17.3 Å². The molecule has 1 aromatic carbocycles. The maximum Gasteiger partial charge on any atom is 0.277 e. The van der Waals surface area contributed by atoms with E-state index in [1.54, 1.807) is 24.3 Å². The number of nitrogens with zero attached hydrogens (tertiary/aromatic N) is 4. The van der Waals surface area contributed by atoms with Crippen LogP contribution >= 0.6 is 0 Å². The van der Waals surface area contributed by atoms with Gasteiger partial charge in [0.05, 0.1) is 28.2 Å². The SMILES string of the molecule is O=c1c2ccccc2nnn1C1CCN(S(=O)(=O)C2CCS(=O)(=O)C2)CC1. The summed E-state index contributed by atoms with van der Waals surface area (Å²) in [5.74, 6) is -0.375. The number of piperidine rings is 1. The molecule has 3 heterocycles. The first-order valence-electron chi connectivity index (χ1n) is 8.81. The van der Waals surface area contributed by atoms with Crippen LogP contribution in [0.4, 0.5) is 0 Å². The van der Waals surface area contributed by atoms with E-state index in [4.69, 9.17) is 0 Å². The number of hydrogen-bond acceptors (Lipinski definition) is 7. The quantitative estimate of drug-likeness (QED) is 0.693. The lowest BCUT2D eigenvalue weighted by molar-refractivity contribution is 0.250. The Morgan fingerprint density at radius 3 is 2.44 bits per heavy atom. The molecular weight excluding hydrogens is 392 g/mol. The van der Waals surface area contributed by atoms with Crippen molar-refractivity contribution in [1.29, 1.82) is 0 Å². The van der Waals surface area contributed by atoms with Crippen molar-refractivity contribution in [2.75, 3.05) is 24.6 Å². The van der Waals surface area contributed by atoms with Crippen molar-refractivity contribution >= 4 is 30.8 Å². The summed E-state index contributed by atoms with van der Waals surface area (Å²) in [6.07, 6.45) is 1.03. The number of sulfonamides is 1. The molecule has 0 radical (unpaired) electrons. The highest BCUT2D eigenvalue weighted by molar-refractivity contribution is 7.95. The molecule has 0 aliphatic carbocycles. The van der Waals surface area contributed by atoms with Crippen LogP contribution in [0.2, 0.25) is 0 Å². The second-order valence-corrected chi connectivity index (χ2v) is 11.5. The van der Waals surface area contributed by atoms with Gasteiger partial charge in [0.15, 0.2) is 9.84 Å². The highest BCUT2D eigenvalue weighted by Gasteiger charge is 2.41. The smallest absolute Gasteiger partial charge is 0.267 e. The minimum absolute atomic E-state index is 0.0740. The number of sulfone groups is 1. The number of hydrogen-bond donors (Lipinski definition) is 0. The van der Waals surface area contributed by atoms with Gasteiger partial charge < -0.3 is 0 Å². The van der Waals surface area contributed by atoms with Crippen LogP contribution < -0.4 is 5.56 Å². The largest absolute Gasteiger partial charge is 0.277 e. The van der Waals surface area contributed by atoms with Crippen molar-refractivity contribution < 1.29 is 16.8 Å². The van der Waals surface area contributed by atoms with Crippen molar-refractivity contribution in [3.05, 3.63) is 34.6 Å². The van der Waals surface area contributed by atoms with Crippen LogP contribution in [0.25, 0.3) is 10.9 Å².